The fourth-order valence-corrected chi connectivity index (χ4v) is 4.30. The van der Waals surface area contributed by atoms with Crippen LogP contribution in [0.1, 0.15) is 44.6 Å². The van der Waals surface area contributed by atoms with Crippen LogP contribution in [0.4, 0.5) is 0 Å². The number of nitrogens with two attached hydrogens (primary N) is 1. The van der Waals surface area contributed by atoms with Crippen molar-refractivity contribution in [3.63, 3.8) is 0 Å². The van der Waals surface area contributed by atoms with E-state index in [1.165, 1.54) is 18.9 Å². The predicted octanol–water partition coefficient (Wildman–Crippen LogP) is 2.57. The molecular formula is C15H22N2O2S2. The highest BCUT2D eigenvalue weighted by atomic mass is 32.2. The lowest BCUT2D eigenvalue weighted by molar-refractivity contribution is 0.399. The molecule has 0 bridgehead atoms. The van der Waals surface area contributed by atoms with Crippen molar-refractivity contribution in [3.05, 3.63) is 29.8 Å². The van der Waals surface area contributed by atoms with Crippen LogP contribution < -0.4 is 10.5 Å². The maximum absolute atomic E-state index is 12.5. The Bertz CT molecular complexity index is 614. The third-order valence-electron chi connectivity index (χ3n) is 4.10. The number of nitrogens with one attached hydrogen (secondary N) is 1. The summed E-state index contributed by atoms with van der Waals surface area (Å²) in [6.45, 7) is 2.12. The molecule has 3 N–H and O–H groups in total. The second-order valence-electron chi connectivity index (χ2n) is 5.74. The molecule has 6 heteroatoms. The molecule has 1 aromatic carbocycles. The van der Waals surface area contributed by atoms with E-state index in [0.717, 1.165) is 19.3 Å². The number of hydrogen-bond acceptors (Lipinski definition) is 3. The Morgan fingerprint density at radius 2 is 2.00 bits per heavy atom. The molecule has 2 unspecified atom stereocenters. The Morgan fingerprint density at radius 1 is 1.29 bits per heavy atom. The third kappa shape index (κ3) is 4.25. The summed E-state index contributed by atoms with van der Waals surface area (Å²) in [5.41, 5.74) is 6.14. The number of sulfonamides is 1. The second-order valence-corrected chi connectivity index (χ2v) is 7.89. The standard InChI is InChI=1S/C15H22N2O2S2/c1-11-6-3-2-4-9-14(11)17-21(18,19)13-8-5-7-12(10-13)15(16)20/h5,7-8,10-11,14,17H,2-4,6,9H2,1H3,(H2,16,20). The summed E-state index contributed by atoms with van der Waals surface area (Å²) in [6.07, 6.45) is 5.40. The molecule has 0 saturated heterocycles. The Kier molecular flexibility index (Phi) is 5.35. The molecule has 2 atom stereocenters. The van der Waals surface area contributed by atoms with Gasteiger partial charge < -0.3 is 5.73 Å². The molecule has 1 saturated carbocycles. The van der Waals surface area contributed by atoms with Crippen LogP contribution in [-0.2, 0) is 10.0 Å². The molecule has 0 spiro atoms. The number of thiocarbonyl (C=S) groups is 1. The van der Waals surface area contributed by atoms with Crippen LogP contribution in [0.2, 0.25) is 0 Å². The summed E-state index contributed by atoms with van der Waals surface area (Å²) < 4.78 is 27.9. The van der Waals surface area contributed by atoms with E-state index in [1.807, 2.05) is 0 Å². The van der Waals surface area contributed by atoms with Crippen molar-refractivity contribution in [3.8, 4) is 0 Å². The van der Waals surface area contributed by atoms with Crippen LogP contribution in [0.25, 0.3) is 0 Å². The van der Waals surface area contributed by atoms with Crippen molar-refractivity contribution in [2.24, 2.45) is 11.7 Å². The lowest BCUT2D eigenvalue weighted by Gasteiger charge is -2.22. The first kappa shape index (κ1) is 16.4. The minimum atomic E-state index is -3.53. The van der Waals surface area contributed by atoms with Gasteiger partial charge in [-0.1, -0.05) is 50.5 Å². The molecule has 1 aliphatic rings. The lowest BCUT2D eigenvalue weighted by atomic mass is 9.98. The third-order valence-corrected chi connectivity index (χ3v) is 5.82. The number of rotatable bonds is 4. The Morgan fingerprint density at radius 3 is 2.71 bits per heavy atom. The molecule has 21 heavy (non-hydrogen) atoms. The average molecular weight is 326 g/mol. The van der Waals surface area contributed by atoms with Gasteiger partial charge in [-0.3, -0.25) is 0 Å². The molecular weight excluding hydrogens is 304 g/mol. The summed E-state index contributed by atoms with van der Waals surface area (Å²) >= 11 is 4.91. The average Bonchev–Trinajstić information content (AvgIpc) is 2.64. The minimum Gasteiger partial charge on any atom is -0.389 e. The normalized spacial score (nSPS) is 23.5. The molecule has 0 radical (unpaired) electrons. The fraction of sp³-hybridized carbons (Fsp3) is 0.533. The molecule has 2 rings (SSSR count). The smallest absolute Gasteiger partial charge is 0.240 e. The van der Waals surface area contributed by atoms with E-state index in [-0.39, 0.29) is 15.9 Å². The van der Waals surface area contributed by atoms with E-state index >= 15 is 0 Å². The Balaban J connectivity index is 2.21. The number of hydrogen-bond donors (Lipinski definition) is 2. The molecule has 0 aliphatic heterocycles. The van der Waals surface area contributed by atoms with Crippen LogP contribution in [0.3, 0.4) is 0 Å². The van der Waals surface area contributed by atoms with E-state index in [0.29, 0.717) is 11.5 Å². The number of benzene rings is 1. The minimum absolute atomic E-state index is 0.00554. The summed E-state index contributed by atoms with van der Waals surface area (Å²) in [4.78, 5) is 0.430. The van der Waals surface area contributed by atoms with Crippen molar-refractivity contribution in [2.45, 2.75) is 50.0 Å². The quantitative estimate of drug-likeness (QED) is 0.659. The maximum Gasteiger partial charge on any atom is 0.240 e. The maximum atomic E-state index is 12.5. The zero-order chi connectivity index (χ0) is 15.5. The first-order valence-electron chi connectivity index (χ1n) is 7.32. The van der Waals surface area contributed by atoms with Crippen LogP contribution in [0, 0.1) is 5.92 Å². The largest absolute Gasteiger partial charge is 0.389 e. The zero-order valence-corrected chi connectivity index (χ0v) is 13.8. The van der Waals surface area contributed by atoms with Crippen molar-refractivity contribution in [1.29, 1.82) is 0 Å². The van der Waals surface area contributed by atoms with Gasteiger partial charge in [-0.2, -0.15) is 0 Å². The molecule has 1 aliphatic carbocycles. The molecule has 116 valence electrons. The van der Waals surface area contributed by atoms with E-state index in [2.05, 4.69) is 11.6 Å². The van der Waals surface area contributed by atoms with E-state index in [9.17, 15) is 8.42 Å². The van der Waals surface area contributed by atoms with Crippen molar-refractivity contribution in [2.75, 3.05) is 0 Å². The van der Waals surface area contributed by atoms with Gasteiger partial charge in [0.1, 0.15) is 4.99 Å². The molecule has 1 fully saturated rings. The Labute approximate surface area is 132 Å². The van der Waals surface area contributed by atoms with Gasteiger partial charge in [-0.05, 0) is 30.9 Å². The molecule has 1 aromatic rings. The van der Waals surface area contributed by atoms with Crippen LogP contribution >= 0.6 is 12.2 Å². The highest BCUT2D eigenvalue weighted by molar-refractivity contribution is 7.89. The monoisotopic (exact) mass is 326 g/mol. The predicted molar refractivity (Wildman–Crippen MR) is 88.7 cm³/mol. The molecule has 0 amide bonds. The van der Waals surface area contributed by atoms with Crippen LogP contribution in [0.5, 0.6) is 0 Å². The van der Waals surface area contributed by atoms with Gasteiger partial charge in [0, 0.05) is 11.6 Å². The van der Waals surface area contributed by atoms with E-state index in [4.69, 9.17) is 18.0 Å². The van der Waals surface area contributed by atoms with Crippen molar-refractivity contribution in [1.82, 2.24) is 4.72 Å². The van der Waals surface area contributed by atoms with Crippen LogP contribution in [0.15, 0.2) is 29.2 Å². The first-order valence-corrected chi connectivity index (χ1v) is 9.21. The SMILES string of the molecule is CC1CCCCCC1NS(=O)(=O)c1cccc(C(N)=S)c1. The highest BCUT2D eigenvalue weighted by Crippen LogP contribution is 2.24. The lowest BCUT2D eigenvalue weighted by Crippen LogP contribution is -2.38. The van der Waals surface area contributed by atoms with Crippen molar-refractivity contribution < 1.29 is 8.42 Å². The zero-order valence-electron chi connectivity index (χ0n) is 12.2. The summed E-state index contributed by atoms with van der Waals surface area (Å²) in [6, 6.07) is 6.50. The topological polar surface area (TPSA) is 72.2 Å². The van der Waals surface area contributed by atoms with Crippen LogP contribution in [-0.4, -0.2) is 19.4 Å². The highest BCUT2D eigenvalue weighted by Gasteiger charge is 2.25. The summed E-state index contributed by atoms with van der Waals surface area (Å²) in [5, 5.41) is 0. The van der Waals surface area contributed by atoms with E-state index in [1.54, 1.807) is 18.2 Å². The van der Waals surface area contributed by atoms with Gasteiger partial charge in [-0.15, -0.1) is 0 Å². The van der Waals surface area contributed by atoms with Gasteiger partial charge in [-0.25, -0.2) is 13.1 Å². The molecule has 0 heterocycles. The van der Waals surface area contributed by atoms with Gasteiger partial charge in [0.2, 0.25) is 10.0 Å². The first-order chi connectivity index (χ1) is 9.90. The summed E-state index contributed by atoms with van der Waals surface area (Å²) in [5.74, 6) is 0.362. The second kappa shape index (κ2) is 6.85. The van der Waals surface area contributed by atoms with Gasteiger partial charge in [0.15, 0.2) is 0 Å². The van der Waals surface area contributed by atoms with Gasteiger partial charge in [0.25, 0.3) is 0 Å². The Hall–Kier alpha value is -0.980. The van der Waals surface area contributed by atoms with Crippen molar-refractivity contribution >= 4 is 27.2 Å². The summed E-state index contributed by atoms with van der Waals surface area (Å²) in [7, 11) is -3.53. The molecule has 0 aromatic heterocycles. The molecule has 4 nitrogen and oxygen atoms in total. The van der Waals surface area contributed by atoms with E-state index < -0.39 is 10.0 Å². The fourth-order valence-electron chi connectivity index (χ4n) is 2.75. The van der Waals surface area contributed by atoms with Gasteiger partial charge in [0.05, 0.1) is 4.90 Å². The van der Waals surface area contributed by atoms with Gasteiger partial charge >= 0.3 is 0 Å².